The Morgan fingerprint density at radius 2 is 1.64 bits per heavy atom. The maximum atomic E-state index is 14.1. The highest BCUT2D eigenvalue weighted by atomic mass is 19.1. The summed E-state index contributed by atoms with van der Waals surface area (Å²) < 4.78 is 26.4. The van der Waals surface area contributed by atoms with Crippen LogP contribution in [0.4, 0.5) is 4.39 Å². The number of fused-ring (bicyclic) bond motifs is 1. The Balaban J connectivity index is 1.19. The van der Waals surface area contributed by atoms with Crippen molar-refractivity contribution in [1.29, 1.82) is 0 Å². The van der Waals surface area contributed by atoms with E-state index in [1.165, 1.54) is 31.7 Å². The molecule has 3 aliphatic rings. The van der Waals surface area contributed by atoms with E-state index < -0.39 is 0 Å². The number of nitrogens with one attached hydrogen (secondary N) is 1. The minimum Gasteiger partial charge on any atom is -0.490 e. The van der Waals surface area contributed by atoms with E-state index in [4.69, 9.17) is 9.47 Å². The van der Waals surface area contributed by atoms with E-state index in [9.17, 15) is 4.39 Å². The monoisotopic (exact) mass is 381 g/mol. The molecule has 1 aliphatic heterocycles. The Morgan fingerprint density at radius 1 is 0.893 bits per heavy atom. The first-order valence-corrected chi connectivity index (χ1v) is 10.7. The van der Waals surface area contributed by atoms with Crippen LogP contribution in [-0.4, -0.2) is 18.2 Å². The number of aryl methyl sites for hydroxylation is 1. The SMILES string of the molecule is Fc1ccccc1C1CCc2cc(OC3CCC(NC4CC4)CC3)ccc2O1. The number of rotatable bonds is 5. The molecule has 2 saturated carbocycles. The fourth-order valence-corrected chi connectivity index (χ4v) is 4.52. The van der Waals surface area contributed by atoms with E-state index in [-0.39, 0.29) is 11.9 Å². The predicted molar refractivity (Wildman–Crippen MR) is 107 cm³/mol. The molecule has 148 valence electrons. The van der Waals surface area contributed by atoms with Crippen molar-refractivity contribution in [2.24, 2.45) is 0 Å². The summed E-state index contributed by atoms with van der Waals surface area (Å²) in [4.78, 5) is 0. The van der Waals surface area contributed by atoms with Crippen LogP contribution in [0, 0.1) is 5.82 Å². The highest BCUT2D eigenvalue weighted by molar-refractivity contribution is 5.42. The van der Waals surface area contributed by atoms with Crippen molar-refractivity contribution < 1.29 is 13.9 Å². The molecule has 0 radical (unpaired) electrons. The first-order chi connectivity index (χ1) is 13.7. The first-order valence-electron chi connectivity index (χ1n) is 10.7. The molecule has 0 amide bonds. The summed E-state index contributed by atoms with van der Waals surface area (Å²) in [5.74, 6) is 1.59. The molecule has 28 heavy (non-hydrogen) atoms. The largest absolute Gasteiger partial charge is 0.490 e. The van der Waals surface area contributed by atoms with Crippen LogP contribution in [0.5, 0.6) is 11.5 Å². The first kappa shape index (κ1) is 18.0. The Labute approximate surface area is 166 Å². The van der Waals surface area contributed by atoms with Crippen molar-refractivity contribution >= 4 is 0 Å². The van der Waals surface area contributed by atoms with Crippen molar-refractivity contribution in [2.75, 3.05) is 0 Å². The van der Waals surface area contributed by atoms with Gasteiger partial charge in [-0.2, -0.15) is 0 Å². The lowest BCUT2D eigenvalue weighted by Gasteiger charge is -2.30. The summed E-state index contributed by atoms with van der Waals surface area (Å²) in [5, 5.41) is 3.74. The summed E-state index contributed by atoms with van der Waals surface area (Å²) in [6, 6.07) is 14.5. The molecule has 0 aromatic heterocycles. The van der Waals surface area contributed by atoms with Crippen LogP contribution in [0.15, 0.2) is 42.5 Å². The zero-order valence-electron chi connectivity index (χ0n) is 16.2. The third-order valence-corrected chi connectivity index (χ3v) is 6.25. The number of ether oxygens (including phenoxy) is 2. The molecule has 0 bridgehead atoms. The van der Waals surface area contributed by atoms with Gasteiger partial charge in [-0.15, -0.1) is 0 Å². The summed E-state index contributed by atoms with van der Waals surface area (Å²) >= 11 is 0. The Kier molecular flexibility index (Phi) is 4.98. The molecule has 1 N–H and O–H groups in total. The number of benzene rings is 2. The van der Waals surface area contributed by atoms with Gasteiger partial charge in [0.05, 0.1) is 6.10 Å². The van der Waals surface area contributed by atoms with Gasteiger partial charge in [0, 0.05) is 17.6 Å². The van der Waals surface area contributed by atoms with Gasteiger partial charge >= 0.3 is 0 Å². The molecule has 2 aromatic carbocycles. The van der Waals surface area contributed by atoms with Gasteiger partial charge in [0.2, 0.25) is 0 Å². The van der Waals surface area contributed by atoms with Crippen LogP contribution >= 0.6 is 0 Å². The summed E-state index contributed by atoms with van der Waals surface area (Å²) in [7, 11) is 0. The van der Waals surface area contributed by atoms with Crippen LogP contribution in [0.2, 0.25) is 0 Å². The van der Waals surface area contributed by atoms with Gasteiger partial charge in [-0.3, -0.25) is 0 Å². The molecule has 1 atom stereocenters. The minimum absolute atomic E-state index is 0.192. The van der Waals surface area contributed by atoms with Crippen LogP contribution in [-0.2, 0) is 6.42 Å². The van der Waals surface area contributed by atoms with Gasteiger partial charge in [-0.1, -0.05) is 18.2 Å². The molecular formula is C24H28FNO2. The van der Waals surface area contributed by atoms with Gasteiger partial charge in [-0.05, 0) is 81.2 Å². The quantitative estimate of drug-likeness (QED) is 0.759. The van der Waals surface area contributed by atoms with E-state index >= 15 is 0 Å². The van der Waals surface area contributed by atoms with Crippen molar-refractivity contribution in [1.82, 2.24) is 5.32 Å². The lowest BCUT2D eigenvalue weighted by Crippen LogP contribution is -2.37. The second-order valence-corrected chi connectivity index (χ2v) is 8.47. The second kappa shape index (κ2) is 7.75. The van der Waals surface area contributed by atoms with Gasteiger partial charge in [-0.25, -0.2) is 4.39 Å². The molecular weight excluding hydrogens is 353 g/mol. The summed E-state index contributed by atoms with van der Waals surface area (Å²) in [6.07, 6.45) is 9.12. The highest BCUT2D eigenvalue weighted by Gasteiger charge is 2.29. The van der Waals surface area contributed by atoms with E-state index in [0.717, 1.165) is 48.8 Å². The minimum atomic E-state index is -0.213. The average Bonchev–Trinajstić information content (AvgIpc) is 3.54. The van der Waals surface area contributed by atoms with Crippen molar-refractivity contribution in [3.05, 3.63) is 59.4 Å². The molecule has 3 nitrogen and oxygen atoms in total. The van der Waals surface area contributed by atoms with Crippen LogP contribution < -0.4 is 14.8 Å². The maximum Gasteiger partial charge on any atom is 0.130 e. The fraction of sp³-hybridized carbons (Fsp3) is 0.500. The van der Waals surface area contributed by atoms with Gasteiger partial charge < -0.3 is 14.8 Å². The normalized spacial score (nSPS) is 27.0. The van der Waals surface area contributed by atoms with E-state index in [2.05, 4.69) is 11.4 Å². The van der Waals surface area contributed by atoms with Crippen LogP contribution in [0.1, 0.15) is 62.2 Å². The van der Waals surface area contributed by atoms with E-state index in [1.54, 1.807) is 6.07 Å². The smallest absolute Gasteiger partial charge is 0.130 e. The lowest BCUT2D eigenvalue weighted by atomic mass is 9.92. The summed E-state index contributed by atoms with van der Waals surface area (Å²) in [5.41, 5.74) is 1.80. The highest BCUT2D eigenvalue weighted by Crippen LogP contribution is 2.38. The maximum absolute atomic E-state index is 14.1. The van der Waals surface area contributed by atoms with Gasteiger partial charge in [0.15, 0.2) is 0 Å². The Morgan fingerprint density at radius 3 is 2.39 bits per heavy atom. The standard InChI is InChI=1S/C24H28FNO2/c25-22-4-2-1-3-21(22)24-13-5-16-15-20(12-14-23(16)28-24)27-19-10-8-18(9-11-19)26-17-6-7-17/h1-4,12,14-15,17-19,24,26H,5-11,13H2. The van der Waals surface area contributed by atoms with Crippen LogP contribution in [0.3, 0.4) is 0 Å². The van der Waals surface area contributed by atoms with Gasteiger partial charge in [0.25, 0.3) is 0 Å². The Hall–Kier alpha value is -2.07. The van der Waals surface area contributed by atoms with Crippen LogP contribution in [0.25, 0.3) is 0 Å². The third-order valence-electron chi connectivity index (χ3n) is 6.25. The zero-order valence-corrected chi connectivity index (χ0v) is 16.2. The number of hydrogen-bond donors (Lipinski definition) is 1. The summed E-state index contributed by atoms with van der Waals surface area (Å²) in [6.45, 7) is 0. The van der Waals surface area contributed by atoms with Gasteiger partial charge in [0.1, 0.15) is 23.4 Å². The second-order valence-electron chi connectivity index (χ2n) is 8.47. The van der Waals surface area contributed by atoms with Crippen molar-refractivity contribution in [3.8, 4) is 11.5 Å². The zero-order chi connectivity index (χ0) is 18.9. The topological polar surface area (TPSA) is 30.5 Å². The molecule has 1 heterocycles. The number of hydrogen-bond acceptors (Lipinski definition) is 3. The fourth-order valence-electron chi connectivity index (χ4n) is 4.52. The van der Waals surface area contributed by atoms with Crippen molar-refractivity contribution in [2.45, 2.75) is 75.7 Å². The molecule has 1 unspecified atom stereocenters. The van der Waals surface area contributed by atoms with Crippen molar-refractivity contribution in [3.63, 3.8) is 0 Å². The molecule has 2 fully saturated rings. The molecule has 2 aromatic rings. The van der Waals surface area contributed by atoms with E-state index in [0.29, 0.717) is 17.7 Å². The Bertz CT molecular complexity index is 827. The molecule has 0 spiro atoms. The number of halogens is 1. The van der Waals surface area contributed by atoms with E-state index in [1.807, 2.05) is 24.3 Å². The average molecular weight is 381 g/mol. The molecule has 2 aliphatic carbocycles. The molecule has 0 saturated heterocycles. The third kappa shape index (κ3) is 4.02. The predicted octanol–water partition coefficient (Wildman–Crippen LogP) is 5.33. The lowest BCUT2D eigenvalue weighted by molar-refractivity contribution is 0.137. The molecule has 4 heteroatoms. The molecule has 5 rings (SSSR count).